The van der Waals surface area contributed by atoms with E-state index in [0.29, 0.717) is 25.0 Å². The number of thioether (sulfide) groups is 1. The van der Waals surface area contributed by atoms with Gasteiger partial charge in [0.05, 0.1) is 17.1 Å². The van der Waals surface area contributed by atoms with Gasteiger partial charge in [0.25, 0.3) is 15.6 Å². The summed E-state index contributed by atoms with van der Waals surface area (Å²) < 4.78 is 31.3. The molecule has 0 bridgehead atoms. The lowest BCUT2D eigenvalue weighted by molar-refractivity contribution is 0.584. The monoisotopic (exact) mass is 497 g/mol. The number of nitrogens with zero attached hydrogens (tertiary/aromatic N) is 3. The summed E-state index contributed by atoms with van der Waals surface area (Å²) in [6.45, 7) is 1.92. The molecule has 0 atom stereocenters. The molecule has 178 valence electrons. The molecular weight excluding hydrogens is 470 g/mol. The van der Waals surface area contributed by atoms with Crippen molar-refractivity contribution in [3.05, 3.63) is 97.7 Å². The Labute approximate surface area is 203 Å². The zero-order valence-corrected chi connectivity index (χ0v) is 21.0. The topological polar surface area (TPSA) is 81.4 Å². The van der Waals surface area contributed by atoms with Crippen LogP contribution < -0.4 is 15.6 Å². The first-order valence-corrected chi connectivity index (χ1v) is 13.3. The number of fused-ring (bicyclic) bond motifs is 1. The molecule has 0 saturated carbocycles. The number of sulfonamides is 1. The quantitative estimate of drug-likeness (QED) is 0.515. The average molecular weight is 498 g/mol. The normalized spacial score (nSPS) is 15.6. The summed E-state index contributed by atoms with van der Waals surface area (Å²) in [5, 5.41) is 1.98. The Balaban J connectivity index is 1.88. The van der Waals surface area contributed by atoms with E-state index in [9.17, 15) is 18.0 Å². The molecule has 34 heavy (non-hydrogen) atoms. The number of hydrogen-bond acceptors (Lipinski definition) is 5. The molecule has 3 aromatic rings. The second-order valence-electron chi connectivity index (χ2n) is 8.39. The molecule has 4 rings (SSSR count). The van der Waals surface area contributed by atoms with Gasteiger partial charge in [0.15, 0.2) is 0 Å². The van der Waals surface area contributed by atoms with E-state index in [1.807, 2.05) is 42.7 Å². The molecule has 0 unspecified atom stereocenters. The number of benzene rings is 2. The van der Waals surface area contributed by atoms with Crippen LogP contribution in [-0.2, 0) is 30.5 Å². The molecule has 0 radical (unpaired) electrons. The van der Waals surface area contributed by atoms with Crippen molar-refractivity contribution in [2.75, 3.05) is 10.8 Å². The second-order valence-corrected chi connectivity index (χ2v) is 11.2. The number of aryl methyl sites for hydroxylation is 1. The van der Waals surface area contributed by atoms with E-state index >= 15 is 0 Å². The van der Waals surface area contributed by atoms with Crippen LogP contribution in [-0.4, -0.2) is 24.1 Å². The maximum atomic E-state index is 13.9. The molecule has 0 saturated heterocycles. The zero-order valence-electron chi connectivity index (χ0n) is 19.4. The second kappa shape index (κ2) is 9.68. The van der Waals surface area contributed by atoms with Gasteiger partial charge < -0.3 is 0 Å². The maximum absolute atomic E-state index is 13.9. The van der Waals surface area contributed by atoms with Crippen molar-refractivity contribution in [2.24, 2.45) is 14.1 Å². The molecule has 0 amide bonds. The summed E-state index contributed by atoms with van der Waals surface area (Å²) in [5.41, 5.74) is 1.26. The van der Waals surface area contributed by atoms with Crippen LogP contribution in [0.3, 0.4) is 0 Å². The summed E-state index contributed by atoms with van der Waals surface area (Å²) in [5.74, 6) is 0. The molecule has 0 N–H and O–H groups in total. The number of rotatable bonds is 4. The van der Waals surface area contributed by atoms with E-state index < -0.39 is 21.3 Å². The van der Waals surface area contributed by atoms with Crippen molar-refractivity contribution in [3.8, 4) is 0 Å². The van der Waals surface area contributed by atoms with Crippen molar-refractivity contribution in [1.82, 2.24) is 9.13 Å². The molecule has 1 aliphatic heterocycles. The van der Waals surface area contributed by atoms with Gasteiger partial charge in [-0.1, -0.05) is 47.7 Å². The molecule has 0 aliphatic carbocycles. The Kier molecular flexibility index (Phi) is 6.86. The predicted molar refractivity (Wildman–Crippen MR) is 136 cm³/mol. The fourth-order valence-electron chi connectivity index (χ4n) is 4.02. The van der Waals surface area contributed by atoms with Crippen LogP contribution in [0.1, 0.15) is 24.1 Å². The van der Waals surface area contributed by atoms with Crippen LogP contribution in [0.4, 0.5) is 5.69 Å². The predicted octanol–water partition coefficient (Wildman–Crippen LogP) is 3.60. The SMILES string of the molecule is Cc1ccc(S(=O)(=O)N2C/C(=C/Sc3ccccc3)CCCc3c2c(=O)n(C)c(=O)n3C)cc1. The van der Waals surface area contributed by atoms with Gasteiger partial charge in [-0.05, 0) is 61.4 Å². The van der Waals surface area contributed by atoms with E-state index in [2.05, 4.69) is 0 Å². The highest BCUT2D eigenvalue weighted by atomic mass is 32.2. The van der Waals surface area contributed by atoms with Crippen molar-refractivity contribution in [3.63, 3.8) is 0 Å². The van der Waals surface area contributed by atoms with Gasteiger partial charge in [0, 0.05) is 19.0 Å². The summed E-state index contributed by atoms with van der Waals surface area (Å²) >= 11 is 1.53. The van der Waals surface area contributed by atoms with E-state index in [4.69, 9.17) is 0 Å². The van der Waals surface area contributed by atoms with Gasteiger partial charge in [-0.15, -0.1) is 0 Å². The molecule has 1 aromatic heterocycles. The molecule has 2 aromatic carbocycles. The van der Waals surface area contributed by atoms with E-state index in [-0.39, 0.29) is 17.1 Å². The lowest BCUT2D eigenvalue weighted by Gasteiger charge is -2.30. The van der Waals surface area contributed by atoms with Gasteiger partial charge in [-0.2, -0.15) is 0 Å². The van der Waals surface area contributed by atoms with Crippen molar-refractivity contribution < 1.29 is 8.42 Å². The minimum Gasteiger partial charge on any atom is -0.298 e. The average Bonchev–Trinajstić information content (AvgIpc) is 2.82. The van der Waals surface area contributed by atoms with Gasteiger partial charge in [0.1, 0.15) is 5.69 Å². The highest BCUT2D eigenvalue weighted by molar-refractivity contribution is 8.02. The lowest BCUT2D eigenvalue weighted by atomic mass is 10.0. The van der Waals surface area contributed by atoms with Crippen molar-refractivity contribution in [1.29, 1.82) is 0 Å². The fourth-order valence-corrected chi connectivity index (χ4v) is 6.32. The van der Waals surface area contributed by atoms with Crippen LogP contribution in [0.2, 0.25) is 0 Å². The Hall–Kier alpha value is -3.04. The Bertz CT molecular complexity index is 1450. The first kappa shape index (κ1) is 24.1. The summed E-state index contributed by atoms with van der Waals surface area (Å²) in [6.07, 6.45) is 1.78. The van der Waals surface area contributed by atoms with E-state index in [1.165, 1.54) is 27.7 Å². The third-order valence-electron chi connectivity index (χ3n) is 5.98. The smallest absolute Gasteiger partial charge is 0.298 e. The standard InChI is InChI=1S/C25H27N3O4S2/c1-18-12-14-21(15-13-18)34(31,32)28-16-19(17-33-20-9-5-4-6-10-20)8-7-11-22-23(28)24(29)27(3)25(30)26(22)2/h4-6,9-10,12-15,17H,7-8,11,16H2,1-3H3/b19-17+. The molecule has 0 spiro atoms. The number of anilines is 1. The molecule has 9 heteroatoms. The van der Waals surface area contributed by atoms with Crippen LogP contribution in [0.25, 0.3) is 0 Å². The van der Waals surface area contributed by atoms with Crippen LogP contribution in [0.5, 0.6) is 0 Å². The lowest BCUT2D eigenvalue weighted by Crippen LogP contribution is -2.46. The van der Waals surface area contributed by atoms with Gasteiger partial charge in [0.2, 0.25) is 0 Å². The number of hydrogen-bond donors (Lipinski definition) is 0. The van der Waals surface area contributed by atoms with Gasteiger partial charge >= 0.3 is 5.69 Å². The molecule has 1 aliphatic rings. The molecule has 7 nitrogen and oxygen atoms in total. The van der Waals surface area contributed by atoms with Crippen molar-refractivity contribution >= 4 is 27.5 Å². The summed E-state index contributed by atoms with van der Waals surface area (Å²) in [4.78, 5) is 27.0. The van der Waals surface area contributed by atoms with Gasteiger partial charge in [-0.3, -0.25) is 18.2 Å². The summed E-state index contributed by atoms with van der Waals surface area (Å²) in [7, 11) is -1.10. The van der Waals surface area contributed by atoms with Crippen molar-refractivity contribution in [2.45, 2.75) is 36.0 Å². The third-order valence-corrected chi connectivity index (χ3v) is 8.74. The first-order valence-electron chi connectivity index (χ1n) is 11.0. The number of aromatic nitrogens is 2. The van der Waals surface area contributed by atoms with E-state index in [1.54, 1.807) is 31.3 Å². The van der Waals surface area contributed by atoms with Gasteiger partial charge in [-0.25, -0.2) is 13.2 Å². The van der Waals surface area contributed by atoms with Crippen LogP contribution in [0, 0.1) is 6.92 Å². The van der Waals surface area contributed by atoms with Crippen LogP contribution in [0.15, 0.2) is 85.0 Å². The minimum atomic E-state index is -4.06. The maximum Gasteiger partial charge on any atom is 0.330 e. The molecule has 0 fully saturated rings. The largest absolute Gasteiger partial charge is 0.330 e. The highest BCUT2D eigenvalue weighted by Gasteiger charge is 2.33. The fraction of sp³-hybridized carbons (Fsp3) is 0.280. The van der Waals surface area contributed by atoms with Crippen LogP contribution >= 0.6 is 11.8 Å². The Morgan fingerprint density at radius 2 is 1.59 bits per heavy atom. The minimum absolute atomic E-state index is 0.0382. The zero-order chi connectivity index (χ0) is 24.5. The third kappa shape index (κ3) is 4.63. The Morgan fingerprint density at radius 1 is 0.912 bits per heavy atom. The highest BCUT2D eigenvalue weighted by Crippen LogP contribution is 2.31. The van der Waals surface area contributed by atoms with E-state index in [0.717, 1.165) is 20.6 Å². The summed E-state index contributed by atoms with van der Waals surface area (Å²) in [6, 6.07) is 16.4. The molecular formula is C25H27N3O4S2. The molecule has 2 heterocycles. The first-order chi connectivity index (χ1) is 16.2. The Morgan fingerprint density at radius 3 is 2.26 bits per heavy atom.